The minimum Gasteiger partial charge on any atom is -0.494 e. The second-order valence-electron chi connectivity index (χ2n) is 12.2. The Morgan fingerprint density at radius 3 is 2.56 bits per heavy atom. The van der Waals surface area contributed by atoms with Gasteiger partial charge in [0.1, 0.15) is 11.5 Å². The van der Waals surface area contributed by atoms with Crippen molar-refractivity contribution >= 4 is 11.7 Å². The molecule has 4 aliphatic carbocycles. The van der Waals surface area contributed by atoms with Gasteiger partial charge in [0.25, 0.3) is 0 Å². The van der Waals surface area contributed by atoms with Crippen molar-refractivity contribution in [3.8, 4) is 5.75 Å². The van der Waals surface area contributed by atoms with Crippen molar-refractivity contribution in [2.24, 2.45) is 40.2 Å². The van der Waals surface area contributed by atoms with Crippen LogP contribution in [0.15, 0.2) is 24.3 Å². The van der Waals surface area contributed by atoms with Crippen LogP contribution in [0.5, 0.6) is 5.75 Å². The number of ether oxygens (including phenoxy) is 1. The van der Waals surface area contributed by atoms with Crippen LogP contribution in [0.2, 0.25) is 0 Å². The molecule has 1 aromatic rings. The fraction of sp³-hybridized carbons (Fsp3) is 0.724. The summed E-state index contributed by atoms with van der Waals surface area (Å²) in [6, 6.07) is 8.55. The quantitative estimate of drug-likeness (QED) is 0.576. The Morgan fingerprint density at radius 1 is 1.09 bits per heavy atom. The number of carbonyl (C=O) groups excluding carboxylic acids is 2. The van der Waals surface area contributed by atoms with E-state index in [-0.39, 0.29) is 22.8 Å². The first-order valence-corrected chi connectivity index (χ1v) is 13.4. The molecule has 4 fully saturated rings. The molecule has 0 radical (unpaired) electrons. The van der Waals surface area contributed by atoms with Gasteiger partial charge < -0.3 is 15.6 Å². The summed E-state index contributed by atoms with van der Waals surface area (Å²) >= 11 is 0. The van der Waals surface area contributed by atoms with E-state index in [4.69, 9.17) is 10.5 Å². The molecule has 4 aliphatic rings. The number of primary amides is 1. The molecule has 0 unspecified atom stereocenters. The van der Waals surface area contributed by atoms with Crippen molar-refractivity contribution in [2.75, 3.05) is 6.61 Å². The zero-order chi connectivity index (χ0) is 24.1. The lowest BCUT2D eigenvalue weighted by Gasteiger charge is -2.62. The van der Waals surface area contributed by atoms with E-state index in [1.165, 1.54) is 12.0 Å². The van der Waals surface area contributed by atoms with Gasteiger partial charge in [-0.25, -0.2) is 0 Å². The highest BCUT2D eigenvalue weighted by molar-refractivity contribution is 5.79. The number of benzene rings is 1. The van der Waals surface area contributed by atoms with Gasteiger partial charge in [-0.1, -0.05) is 26.0 Å². The average molecular weight is 468 g/mol. The molecule has 34 heavy (non-hydrogen) atoms. The molecule has 5 rings (SSSR count). The second-order valence-corrected chi connectivity index (χ2v) is 12.2. The van der Waals surface area contributed by atoms with E-state index < -0.39 is 0 Å². The van der Waals surface area contributed by atoms with Gasteiger partial charge in [0.15, 0.2) is 0 Å². The summed E-state index contributed by atoms with van der Waals surface area (Å²) in [5.41, 5.74) is 6.84. The normalized spacial score (nSPS) is 41.3. The van der Waals surface area contributed by atoms with Crippen LogP contribution in [-0.2, 0) is 9.59 Å². The molecule has 1 amide bonds. The monoisotopic (exact) mass is 467 g/mol. The number of hydrogen-bond acceptors (Lipinski definition) is 4. The maximum absolute atomic E-state index is 12.5. The van der Waals surface area contributed by atoms with Crippen LogP contribution in [0.25, 0.3) is 0 Å². The van der Waals surface area contributed by atoms with Gasteiger partial charge in [-0.15, -0.1) is 0 Å². The predicted molar refractivity (Wildman–Crippen MR) is 131 cm³/mol. The summed E-state index contributed by atoms with van der Waals surface area (Å²) in [4.78, 5) is 23.4. The number of aliphatic hydroxyl groups excluding tert-OH is 1. The number of amides is 1. The van der Waals surface area contributed by atoms with E-state index in [0.717, 1.165) is 50.7 Å². The van der Waals surface area contributed by atoms with Gasteiger partial charge >= 0.3 is 0 Å². The second kappa shape index (κ2) is 8.96. The Balaban J connectivity index is 1.42. The van der Waals surface area contributed by atoms with Gasteiger partial charge in [0, 0.05) is 19.3 Å². The number of aliphatic hydroxyl groups is 1. The zero-order valence-corrected chi connectivity index (χ0v) is 20.8. The lowest BCUT2D eigenvalue weighted by atomic mass is 9.42. The molecule has 0 bridgehead atoms. The molecule has 0 aliphatic heterocycles. The summed E-state index contributed by atoms with van der Waals surface area (Å²) < 4.78 is 5.84. The molecule has 5 nitrogen and oxygen atoms in total. The van der Waals surface area contributed by atoms with E-state index in [2.05, 4.69) is 38.1 Å². The average Bonchev–Trinajstić information content (AvgIpc) is 3.12. The fourth-order valence-corrected chi connectivity index (χ4v) is 8.63. The zero-order valence-electron chi connectivity index (χ0n) is 20.8. The molecule has 186 valence electrons. The minimum atomic E-state index is -0.296. The summed E-state index contributed by atoms with van der Waals surface area (Å²) in [6.45, 7) is 5.30. The fourth-order valence-electron chi connectivity index (χ4n) is 8.63. The highest BCUT2D eigenvalue weighted by Crippen LogP contribution is 2.68. The molecule has 8 atom stereocenters. The molecule has 1 aromatic carbocycles. The Labute approximate surface area is 203 Å². The number of rotatable bonds is 6. The third kappa shape index (κ3) is 3.98. The van der Waals surface area contributed by atoms with Crippen molar-refractivity contribution in [3.63, 3.8) is 0 Å². The Bertz CT molecular complexity index is 929. The van der Waals surface area contributed by atoms with E-state index in [1.807, 2.05) is 0 Å². The number of fused-ring (bicyclic) bond motifs is 5. The number of ketones is 1. The number of nitrogens with two attached hydrogens (primary N) is 1. The highest BCUT2D eigenvalue weighted by Gasteiger charge is 2.62. The van der Waals surface area contributed by atoms with E-state index in [9.17, 15) is 14.7 Å². The van der Waals surface area contributed by atoms with Crippen LogP contribution in [0.4, 0.5) is 0 Å². The van der Waals surface area contributed by atoms with Gasteiger partial charge in [-0.3, -0.25) is 9.59 Å². The van der Waals surface area contributed by atoms with Crippen LogP contribution in [0.3, 0.4) is 0 Å². The van der Waals surface area contributed by atoms with Crippen molar-refractivity contribution < 1.29 is 19.4 Å². The topological polar surface area (TPSA) is 89.6 Å². The molecule has 0 heterocycles. The standard InChI is InChI=1S/C29H41NO4/c1-28-13-11-20(31)16-19(28)17-22(18-5-7-21(8-6-18)34-15-3-4-26(30)33)27-23-9-10-25(32)29(23,2)14-12-24(27)28/h5-8,19,22-25,27,32H,3-4,9-17H2,1-2H3,(H2,30,33)/t19-,22+,23+,24+,25+,27+,28+,29+/m1/s1. The predicted octanol–water partition coefficient (Wildman–Crippen LogP) is 5.00. The van der Waals surface area contributed by atoms with Gasteiger partial charge in [-0.2, -0.15) is 0 Å². The van der Waals surface area contributed by atoms with Crippen LogP contribution in [0.1, 0.15) is 89.5 Å². The van der Waals surface area contributed by atoms with Crippen molar-refractivity contribution in [1.82, 2.24) is 0 Å². The van der Waals surface area contributed by atoms with Crippen molar-refractivity contribution in [3.05, 3.63) is 29.8 Å². The first-order chi connectivity index (χ1) is 16.2. The summed E-state index contributed by atoms with van der Waals surface area (Å²) in [5, 5.41) is 10.9. The molecule has 0 spiro atoms. The van der Waals surface area contributed by atoms with Crippen LogP contribution >= 0.6 is 0 Å². The smallest absolute Gasteiger partial charge is 0.217 e. The summed E-state index contributed by atoms with van der Waals surface area (Å²) in [5.74, 6) is 3.58. The largest absolute Gasteiger partial charge is 0.494 e. The maximum Gasteiger partial charge on any atom is 0.217 e. The third-order valence-corrected chi connectivity index (χ3v) is 10.6. The number of carbonyl (C=O) groups is 2. The maximum atomic E-state index is 12.5. The summed E-state index contributed by atoms with van der Waals surface area (Å²) in [6.07, 6.45) is 8.70. The molecular formula is C29H41NO4. The van der Waals surface area contributed by atoms with Gasteiger partial charge in [0.05, 0.1) is 12.7 Å². The van der Waals surface area contributed by atoms with Gasteiger partial charge in [0.2, 0.25) is 5.91 Å². The molecule has 0 saturated heterocycles. The van der Waals surface area contributed by atoms with Crippen LogP contribution < -0.4 is 10.5 Å². The van der Waals surface area contributed by atoms with E-state index >= 15 is 0 Å². The van der Waals surface area contributed by atoms with Crippen LogP contribution in [0, 0.1) is 34.5 Å². The number of Topliss-reactive ketones (excluding diaryl/α,β-unsaturated/α-hetero) is 1. The molecule has 4 saturated carbocycles. The lowest BCUT2D eigenvalue weighted by molar-refractivity contribution is -0.146. The highest BCUT2D eigenvalue weighted by atomic mass is 16.5. The van der Waals surface area contributed by atoms with E-state index in [0.29, 0.717) is 54.8 Å². The van der Waals surface area contributed by atoms with Crippen LogP contribution in [-0.4, -0.2) is 29.5 Å². The Hall–Kier alpha value is -1.88. The van der Waals surface area contributed by atoms with Gasteiger partial charge in [-0.05, 0) is 103 Å². The molecule has 3 N–H and O–H groups in total. The SMILES string of the molecule is C[C@]12CCC(=O)C[C@@H]1C[C@@H](c1ccc(OCCCC(N)=O)cc1)[C@@H]1[C@@H]2CC[C@]2(C)[C@@H](O)CC[C@@H]12. The van der Waals surface area contributed by atoms with Crippen molar-refractivity contribution in [1.29, 1.82) is 0 Å². The molecule has 0 aromatic heterocycles. The van der Waals surface area contributed by atoms with Crippen molar-refractivity contribution in [2.45, 2.75) is 90.1 Å². The Kier molecular flexibility index (Phi) is 6.29. The first kappa shape index (κ1) is 23.8. The molecular weight excluding hydrogens is 426 g/mol. The Morgan fingerprint density at radius 2 is 1.82 bits per heavy atom. The first-order valence-electron chi connectivity index (χ1n) is 13.4. The minimum absolute atomic E-state index is 0.0244. The van der Waals surface area contributed by atoms with E-state index in [1.54, 1.807) is 0 Å². The third-order valence-electron chi connectivity index (χ3n) is 10.6. The molecule has 5 heteroatoms. The number of hydrogen-bond donors (Lipinski definition) is 2. The lowest BCUT2D eigenvalue weighted by Crippen LogP contribution is -2.56. The summed E-state index contributed by atoms with van der Waals surface area (Å²) in [7, 11) is 0.